The first-order chi connectivity index (χ1) is 14.3. The fourth-order valence-electron chi connectivity index (χ4n) is 10.5. The molecular weight excluding hydrogens is 368 g/mol. The molecule has 30 heavy (non-hydrogen) atoms. The van der Waals surface area contributed by atoms with Crippen molar-refractivity contribution in [3.63, 3.8) is 0 Å². The molecule has 2 aliphatic heterocycles. The molecule has 0 aromatic carbocycles. The SMILES string of the molecule is C[C@@H]1CC[C@@]2(OC1)O[C@H]1C[C@H]3[C@H]4CC[C@H]5C[C@H](C)CC[C@]5(C)[C@H]4CC[C@]3(C)[C@H]1[C@@H]2C. The molecular formula is C28H46O2. The molecule has 12 atom stereocenters. The van der Waals surface area contributed by atoms with E-state index >= 15 is 0 Å². The average Bonchev–Trinajstić information content (AvgIpc) is 3.16. The van der Waals surface area contributed by atoms with Crippen molar-refractivity contribution in [1.29, 1.82) is 0 Å². The zero-order valence-corrected chi connectivity index (χ0v) is 20.3. The van der Waals surface area contributed by atoms with Crippen molar-refractivity contribution < 1.29 is 9.47 Å². The quantitative estimate of drug-likeness (QED) is 0.422. The Bertz CT molecular complexity index is 680. The molecule has 0 radical (unpaired) electrons. The summed E-state index contributed by atoms with van der Waals surface area (Å²) in [4.78, 5) is 0. The Morgan fingerprint density at radius 2 is 1.50 bits per heavy atom. The Kier molecular flexibility index (Phi) is 4.60. The van der Waals surface area contributed by atoms with Gasteiger partial charge in [-0.05, 0) is 104 Å². The highest BCUT2D eigenvalue weighted by Gasteiger charge is 2.69. The molecule has 0 aromatic rings. The summed E-state index contributed by atoms with van der Waals surface area (Å²) < 4.78 is 13.4. The molecule has 6 aliphatic rings. The summed E-state index contributed by atoms with van der Waals surface area (Å²) in [5, 5.41) is 0. The number of hydrogen-bond acceptors (Lipinski definition) is 2. The van der Waals surface area contributed by atoms with E-state index in [2.05, 4.69) is 34.6 Å². The average molecular weight is 415 g/mol. The standard InChI is InChI=1S/C28H46O2/c1-17-8-11-26(4)20(14-17)6-7-21-22(26)10-12-27(5)23(21)15-24-25(27)19(3)28(30-24)13-9-18(2)16-29-28/h17-25H,6-16H2,1-5H3/t17-,18-,19+,20+,21+,22+,23+,24+,25+,26+,27+,28-/m1/s1. The predicted octanol–water partition coefficient (Wildman–Crippen LogP) is 7.07. The smallest absolute Gasteiger partial charge is 0.171 e. The largest absolute Gasteiger partial charge is 0.349 e. The zero-order valence-electron chi connectivity index (χ0n) is 20.3. The molecule has 0 amide bonds. The summed E-state index contributed by atoms with van der Waals surface area (Å²) in [6.07, 6.45) is 14.6. The molecule has 0 unspecified atom stereocenters. The van der Waals surface area contributed by atoms with E-state index in [1.54, 1.807) is 0 Å². The van der Waals surface area contributed by atoms with E-state index in [9.17, 15) is 0 Å². The van der Waals surface area contributed by atoms with Crippen LogP contribution < -0.4 is 0 Å². The van der Waals surface area contributed by atoms with E-state index in [4.69, 9.17) is 9.47 Å². The second-order valence-corrected chi connectivity index (χ2v) is 13.6. The van der Waals surface area contributed by atoms with Crippen molar-refractivity contribution in [1.82, 2.24) is 0 Å². The van der Waals surface area contributed by atoms with Crippen molar-refractivity contribution in [2.75, 3.05) is 6.61 Å². The molecule has 1 spiro atoms. The highest BCUT2D eigenvalue weighted by atomic mass is 16.7. The van der Waals surface area contributed by atoms with Gasteiger partial charge in [0.2, 0.25) is 0 Å². The van der Waals surface area contributed by atoms with Gasteiger partial charge in [0.05, 0.1) is 12.7 Å². The van der Waals surface area contributed by atoms with Crippen molar-refractivity contribution in [2.24, 2.45) is 58.2 Å². The molecule has 2 heterocycles. The first-order valence-electron chi connectivity index (χ1n) is 13.6. The van der Waals surface area contributed by atoms with Crippen LogP contribution in [0.2, 0.25) is 0 Å². The molecule has 0 N–H and O–H groups in total. The van der Waals surface area contributed by atoms with Crippen molar-refractivity contribution in [3.8, 4) is 0 Å². The van der Waals surface area contributed by atoms with Crippen LogP contribution in [0.5, 0.6) is 0 Å². The maximum atomic E-state index is 6.93. The lowest BCUT2D eigenvalue weighted by Gasteiger charge is -2.61. The molecule has 6 rings (SSSR count). The maximum Gasteiger partial charge on any atom is 0.171 e. The maximum absolute atomic E-state index is 6.93. The minimum Gasteiger partial charge on any atom is -0.349 e. The van der Waals surface area contributed by atoms with Gasteiger partial charge in [-0.1, -0.05) is 41.0 Å². The first-order valence-corrected chi connectivity index (χ1v) is 13.6. The Hall–Kier alpha value is -0.0800. The van der Waals surface area contributed by atoms with Crippen LogP contribution in [0.3, 0.4) is 0 Å². The van der Waals surface area contributed by atoms with E-state index in [1.807, 2.05) is 0 Å². The summed E-state index contributed by atoms with van der Waals surface area (Å²) in [5.74, 6) is 6.52. The summed E-state index contributed by atoms with van der Waals surface area (Å²) in [7, 11) is 0. The fraction of sp³-hybridized carbons (Fsp3) is 1.00. The van der Waals surface area contributed by atoms with Crippen molar-refractivity contribution in [2.45, 2.75) is 111 Å². The van der Waals surface area contributed by atoms with Crippen LogP contribution in [0.4, 0.5) is 0 Å². The molecule has 4 saturated carbocycles. The van der Waals surface area contributed by atoms with Gasteiger partial charge >= 0.3 is 0 Å². The predicted molar refractivity (Wildman–Crippen MR) is 121 cm³/mol. The van der Waals surface area contributed by atoms with Gasteiger partial charge in [0.1, 0.15) is 0 Å². The van der Waals surface area contributed by atoms with Crippen LogP contribution in [0.25, 0.3) is 0 Å². The van der Waals surface area contributed by atoms with Crippen LogP contribution in [-0.2, 0) is 9.47 Å². The minimum absolute atomic E-state index is 0.254. The highest BCUT2D eigenvalue weighted by Crippen LogP contribution is 2.71. The van der Waals surface area contributed by atoms with Gasteiger partial charge in [-0.3, -0.25) is 0 Å². The normalized spacial score (nSPS) is 62.5. The highest BCUT2D eigenvalue weighted by molar-refractivity contribution is 5.15. The molecule has 6 fully saturated rings. The van der Waals surface area contributed by atoms with Gasteiger partial charge in [0, 0.05) is 12.3 Å². The first kappa shape index (κ1) is 20.5. The van der Waals surface area contributed by atoms with Gasteiger partial charge in [0.25, 0.3) is 0 Å². The molecule has 2 nitrogen and oxygen atoms in total. The summed E-state index contributed by atoms with van der Waals surface area (Å²) in [6, 6.07) is 0. The van der Waals surface area contributed by atoms with E-state index in [1.165, 1.54) is 57.8 Å². The number of fused-ring (bicyclic) bond motifs is 7. The van der Waals surface area contributed by atoms with Crippen LogP contribution in [0, 0.1) is 58.2 Å². The molecule has 4 aliphatic carbocycles. The third kappa shape index (κ3) is 2.62. The Morgan fingerprint density at radius 1 is 0.733 bits per heavy atom. The van der Waals surface area contributed by atoms with Crippen LogP contribution in [0.15, 0.2) is 0 Å². The number of rotatable bonds is 0. The lowest BCUT2D eigenvalue weighted by atomic mass is 9.44. The van der Waals surface area contributed by atoms with Crippen LogP contribution in [0.1, 0.15) is 98.8 Å². The molecule has 0 aromatic heterocycles. The lowest BCUT2D eigenvalue weighted by molar-refractivity contribution is -0.273. The molecule has 170 valence electrons. The van der Waals surface area contributed by atoms with E-state index in [0.29, 0.717) is 34.7 Å². The zero-order chi connectivity index (χ0) is 20.9. The van der Waals surface area contributed by atoms with Gasteiger partial charge in [-0.15, -0.1) is 0 Å². The van der Waals surface area contributed by atoms with Gasteiger partial charge < -0.3 is 9.47 Å². The molecule has 0 bridgehead atoms. The third-order valence-corrected chi connectivity index (χ3v) is 12.2. The number of ether oxygens (including phenoxy) is 2. The van der Waals surface area contributed by atoms with Crippen molar-refractivity contribution in [3.05, 3.63) is 0 Å². The van der Waals surface area contributed by atoms with Gasteiger partial charge in [-0.2, -0.15) is 0 Å². The van der Waals surface area contributed by atoms with Crippen molar-refractivity contribution >= 4 is 0 Å². The van der Waals surface area contributed by atoms with Gasteiger partial charge in [-0.25, -0.2) is 0 Å². The summed E-state index contributed by atoms with van der Waals surface area (Å²) in [6.45, 7) is 13.6. The topological polar surface area (TPSA) is 18.5 Å². The molecule has 2 heteroatoms. The Balaban J connectivity index is 1.26. The van der Waals surface area contributed by atoms with Crippen LogP contribution in [-0.4, -0.2) is 18.5 Å². The van der Waals surface area contributed by atoms with E-state index in [-0.39, 0.29) is 5.79 Å². The monoisotopic (exact) mass is 414 g/mol. The Labute approximate surface area is 185 Å². The van der Waals surface area contributed by atoms with Crippen LogP contribution >= 0.6 is 0 Å². The number of hydrogen-bond donors (Lipinski definition) is 0. The second kappa shape index (κ2) is 6.72. The van der Waals surface area contributed by atoms with E-state index in [0.717, 1.165) is 42.6 Å². The summed E-state index contributed by atoms with van der Waals surface area (Å²) >= 11 is 0. The lowest BCUT2D eigenvalue weighted by Crippen LogP contribution is -2.54. The summed E-state index contributed by atoms with van der Waals surface area (Å²) in [5.41, 5.74) is 1.11. The minimum atomic E-state index is -0.254. The van der Waals surface area contributed by atoms with E-state index < -0.39 is 0 Å². The second-order valence-electron chi connectivity index (χ2n) is 13.6. The third-order valence-electron chi connectivity index (χ3n) is 12.2. The van der Waals surface area contributed by atoms with Gasteiger partial charge in [0.15, 0.2) is 5.79 Å². The Morgan fingerprint density at radius 3 is 2.27 bits per heavy atom. The fourth-order valence-corrected chi connectivity index (χ4v) is 10.5. The molecule has 2 saturated heterocycles.